The van der Waals surface area contributed by atoms with Crippen molar-refractivity contribution in [3.63, 3.8) is 0 Å². The molecule has 1 saturated heterocycles. The van der Waals surface area contributed by atoms with Crippen molar-refractivity contribution >= 4 is 12.1 Å². The van der Waals surface area contributed by atoms with E-state index < -0.39 is 6.09 Å². The van der Waals surface area contributed by atoms with E-state index in [1.165, 1.54) is 4.90 Å². The van der Waals surface area contributed by atoms with Crippen LogP contribution in [0.1, 0.15) is 23.6 Å². The van der Waals surface area contributed by atoms with E-state index in [1.54, 1.807) is 0 Å². The van der Waals surface area contributed by atoms with Crippen molar-refractivity contribution in [2.75, 3.05) is 6.73 Å². The van der Waals surface area contributed by atoms with Crippen LogP contribution in [0.4, 0.5) is 4.79 Å². The number of ether oxygens (including phenoxy) is 2. The molecular formula is C18H17NO4. The largest absolute Gasteiger partial charge is 0.444 e. The molecule has 1 heterocycles. The zero-order valence-electron chi connectivity index (χ0n) is 12.6. The Kier molecular flexibility index (Phi) is 4.57. The van der Waals surface area contributed by atoms with E-state index in [-0.39, 0.29) is 31.8 Å². The van der Waals surface area contributed by atoms with Crippen LogP contribution in [-0.4, -0.2) is 23.7 Å². The molecule has 0 bridgehead atoms. The SMILES string of the molecule is O=C1C[C@H](c2ccccc2)N(C(=O)OCc2ccccc2)CO1. The Balaban J connectivity index is 1.70. The maximum absolute atomic E-state index is 12.4. The summed E-state index contributed by atoms with van der Waals surface area (Å²) in [6.07, 6.45) is -0.361. The van der Waals surface area contributed by atoms with E-state index in [9.17, 15) is 9.59 Å². The van der Waals surface area contributed by atoms with Crippen LogP contribution in [0.2, 0.25) is 0 Å². The number of esters is 1. The van der Waals surface area contributed by atoms with E-state index in [1.807, 2.05) is 60.7 Å². The second kappa shape index (κ2) is 6.96. The molecular weight excluding hydrogens is 294 g/mol. The second-order valence-electron chi connectivity index (χ2n) is 5.29. The molecule has 0 saturated carbocycles. The van der Waals surface area contributed by atoms with Gasteiger partial charge in [-0.1, -0.05) is 60.7 Å². The maximum Gasteiger partial charge on any atom is 0.413 e. The Morgan fingerprint density at radius 2 is 1.74 bits per heavy atom. The lowest BCUT2D eigenvalue weighted by Gasteiger charge is -2.34. The van der Waals surface area contributed by atoms with E-state index in [4.69, 9.17) is 9.47 Å². The molecule has 23 heavy (non-hydrogen) atoms. The number of cyclic esters (lactones) is 1. The highest BCUT2D eigenvalue weighted by Crippen LogP contribution is 2.28. The molecule has 1 aliphatic heterocycles. The quantitative estimate of drug-likeness (QED) is 0.816. The Hall–Kier alpha value is -2.82. The highest BCUT2D eigenvalue weighted by Gasteiger charge is 2.33. The predicted octanol–water partition coefficient (Wildman–Crippen LogP) is 3.27. The van der Waals surface area contributed by atoms with Gasteiger partial charge in [0.15, 0.2) is 6.73 Å². The fraction of sp³-hybridized carbons (Fsp3) is 0.222. The number of benzene rings is 2. The first-order valence-corrected chi connectivity index (χ1v) is 7.42. The van der Waals surface area contributed by atoms with Gasteiger partial charge in [-0.3, -0.25) is 9.69 Å². The van der Waals surface area contributed by atoms with Gasteiger partial charge in [0.05, 0.1) is 12.5 Å². The van der Waals surface area contributed by atoms with Gasteiger partial charge in [-0.05, 0) is 11.1 Å². The zero-order valence-corrected chi connectivity index (χ0v) is 12.6. The van der Waals surface area contributed by atoms with Gasteiger partial charge in [0.1, 0.15) is 6.61 Å². The van der Waals surface area contributed by atoms with Crippen LogP contribution >= 0.6 is 0 Å². The highest BCUT2D eigenvalue weighted by atomic mass is 16.6. The summed E-state index contributed by atoms with van der Waals surface area (Å²) in [5, 5.41) is 0. The number of rotatable bonds is 3. The standard InChI is InChI=1S/C18H17NO4/c20-17-11-16(15-9-5-2-6-10-15)19(13-23-17)18(21)22-12-14-7-3-1-4-8-14/h1-10,16H,11-13H2/t16-/m1/s1. The van der Waals surface area contributed by atoms with Crippen molar-refractivity contribution < 1.29 is 19.1 Å². The Morgan fingerprint density at radius 1 is 1.09 bits per heavy atom. The third kappa shape index (κ3) is 3.69. The van der Waals surface area contributed by atoms with Crippen LogP contribution < -0.4 is 0 Å². The first-order valence-electron chi connectivity index (χ1n) is 7.42. The molecule has 0 unspecified atom stereocenters. The summed E-state index contributed by atoms with van der Waals surface area (Å²) in [5.41, 5.74) is 1.80. The first-order chi connectivity index (χ1) is 11.2. The molecule has 0 radical (unpaired) electrons. The summed E-state index contributed by atoms with van der Waals surface area (Å²) in [4.78, 5) is 25.4. The summed E-state index contributed by atoms with van der Waals surface area (Å²) in [5.74, 6) is -0.314. The van der Waals surface area contributed by atoms with Gasteiger partial charge in [0, 0.05) is 0 Å². The molecule has 0 aliphatic carbocycles. The summed E-state index contributed by atoms with van der Waals surface area (Å²) in [6.45, 7) is 0.0949. The summed E-state index contributed by atoms with van der Waals surface area (Å²) in [7, 11) is 0. The Morgan fingerprint density at radius 3 is 2.43 bits per heavy atom. The van der Waals surface area contributed by atoms with Crippen LogP contribution in [-0.2, 0) is 20.9 Å². The molecule has 1 atom stereocenters. The molecule has 1 fully saturated rings. The van der Waals surface area contributed by atoms with Crippen LogP contribution in [0.5, 0.6) is 0 Å². The number of hydrogen-bond donors (Lipinski definition) is 0. The number of hydrogen-bond acceptors (Lipinski definition) is 4. The van der Waals surface area contributed by atoms with Crippen LogP contribution in [0.25, 0.3) is 0 Å². The van der Waals surface area contributed by atoms with Gasteiger partial charge in [0.25, 0.3) is 0 Å². The van der Waals surface area contributed by atoms with Gasteiger partial charge in [-0.2, -0.15) is 0 Å². The van der Waals surface area contributed by atoms with Crippen molar-refractivity contribution in [3.8, 4) is 0 Å². The van der Waals surface area contributed by atoms with Crippen molar-refractivity contribution in [3.05, 3.63) is 71.8 Å². The van der Waals surface area contributed by atoms with Gasteiger partial charge in [-0.15, -0.1) is 0 Å². The Bertz CT molecular complexity index is 672. The molecule has 1 amide bonds. The monoisotopic (exact) mass is 311 g/mol. The van der Waals surface area contributed by atoms with Crippen molar-refractivity contribution in [1.29, 1.82) is 0 Å². The average molecular weight is 311 g/mol. The molecule has 2 aromatic carbocycles. The minimum Gasteiger partial charge on any atom is -0.444 e. The highest BCUT2D eigenvalue weighted by molar-refractivity contribution is 5.75. The van der Waals surface area contributed by atoms with E-state index in [0.29, 0.717) is 0 Å². The minimum atomic E-state index is -0.491. The normalized spacial score (nSPS) is 17.5. The minimum absolute atomic E-state index is 0.0913. The summed E-state index contributed by atoms with van der Waals surface area (Å²) < 4.78 is 10.4. The van der Waals surface area contributed by atoms with E-state index in [0.717, 1.165) is 11.1 Å². The van der Waals surface area contributed by atoms with E-state index >= 15 is 0 Å². The van der Waals surface area contributed by atoms with Gasteiger partial charge in [-0.25, -0.2) is 4.79 Å². The third-order valence-corrected chi connectivity index (χ3v) is 3.72. The average Bonchev–Trinajstić information content (AvgIpc) is 2.61. The lowest BCUT2D eigenvalue weighted by molar-refractivity contribution is -0.157. The first kappa shape index (κ1) is 15.1. The maximum atomic E-state index is 12.4. The lowest BCUT2D eigenvalue weighted by Crippen LogP contribution is -2.42. The lowest BCUT2D eigenvalue weighted by atomic mass is 10.0. The molecule has 2 aromatic rings. The van der Waals surface area contributed by atoms with Gasteiger partial charge < -0.3 is 9.47 Å². The number of carbonyl (C=O) groups excluding carboxylic acids is 2. The van der Waals surface area contributed by atoms with Crippen LogP contribution in [0.3, 0.4) is 0 Å². The summed E-state index contributed by atoms with van der Waals surface area (Å²) >= 11 is 0. The van der Waals surface area contributed by atoms with Gasteiger partial charge >= 0.3 is 12.1 Å². The van der Waals surface area contributed by atoms with Crippen molar-refractivity contribution in [1.82, 2.24) is 4.90 Å². The molecule has 0 spiro atoms. The van der Waals surface area contributed by atoms with Crippen LogP contribution in [0, 0.1) is 0 Å². The third-order valence-electron chi connectivity index (χ3n) is 3.72. The van der Waals surface area contributed by atoms with Gasteiger partial charge in [0.2, 0.25) is 0 Å². The zero-order chi connectivity index (χ0) is 16.1. The smallest absolute Gasteiger partial charge is 0.413 e. The molecule has 5 heteroatoms. The number of amides is 1. The summed E-state index contributed by atoms with van der Waals surface area (Å²) in [6, 6.07) is 18.5. The fourth-order valence-electron chi connectivity index (χ4n) is 2.51. The van der Waals surface area contributed by atoms with Crippen LogP contribution in [0.15, 0.2) is 60.7 Å². The second-order valence-corrected chi connectivity index (χ2v) is 5.29. The number of carbonyl (C=O) groups is 2. The topological polar surface area (TPSA) is 55.8 Å². The predicted molar refractivity (Wildman–Crippen MR) is 83.2 cm³/mol. The molecule has 0 N–H and O–H groups in total. The molecule has 1 aliphatic rings. The molecule has 5 nitrogen and oxygen atoms in total. The molecule has 118 valence electrons. The van der Waals surface area contributed by atoms with Crippen molar-refractivity contribution in [2.45, 2.75) is 19.1 Å². The molecule has 3 rings (SSSR count). The molecule has 0 aromatic heterocycles. The van der Waals surface area contributed by atoms with E-state index in [2.05, 4.69) is 0 Å². The fourth-order valence-corrected chi connectivity index (χ4v) is 2.51. The van der Waals surface area contributed by atoms with Crippen molar-refractivity contribution in [2.24, 2.45) is 0 Å². The number of nitrogens with zero attached hydrogens (tertiary/aromatic N) is 1. The Labute approximate surface area is 134 Å².